The van der Waals surface area contributed by atoms with Crippen LogP contribution in [0.5, 0.6) is 11.5 Å². The highest BCUT2D eigenvalue weighted by atomic mass is 16.5. The molecule has 0 fully saturated rings. The standard InChI is InChI=1S/C25H23N3O3/c1-30-22-13-17(31-15-16-7-3-2-4-8-16)11-12-18(22)24-23-21(14-26-25(23)29)27-19-9-5-6-10-20(19)28-24/h2-13,24,27-28H,14-15H2,1H3,(H,26,29). The molecule has 31 heavy (non-hydrogen) atoms. The van der Waals surface area contributed by atoms with Gasteiger partial charge in [-0.15, -0.1) is 0 Å². The third-order valence-electron chi connectivity index (χ3n) is 5.56. The van der Waals surface area contributed by atoms with E-state index >= 15 is 0 Å². The van der Waals surface area contributed by atoms with Crippen LogP contribution in [0, 0.1) is 0 Å². The Hall–Kier alpha value is -3.93. The van der Waals surface area contributed by atoms with Crippen LogP contribution in [-0.2, 0) is 11.4 Å². The molecule has 156 valence electrons. The Balaban J connectivity index is 1.49. The Morgan fingerprint density at radius 3 is 2.55 bits per heavy atom. The van der Waals surface area contributed by atoms with Crippen LogP contribution in [-0.4, -0.2) is 19.6 Å². The molecule has 0 spiro atoms. The van der Waals surface area contributed by atoms with Crippen LogP contribution < -0.4 is 25.4 Å². The molecule has 1 amide bonds. The third-order valence-corrected chi connectivity index (χ3v) is 5.56. The molecule has 0 bridgehead atoms. The molecule has 2 aliphatic rings. The molecule has 0 saturated carbocycles. The van der Waals surface area contributed by atoms with E-state index in [0.29, 0.717) is 30.2 Å². The third kappa shape index (κ3) is 3.68. The van der Waals surface area contributed by atoms with E-state index in [0.717, 1.165) is 28.2 Å². The molecular weight excluding hydrogens is 390 g/mol. The zero-order valence-electron chi connectivity index (χ0n) is 17.1. The minimum atomic E-state index is -0.355. The van der Waals surface area contributed by atoms with Gasteiger partial charge in [-0.05, 0) is 29.8 Å². The van der Waals surface area contributed by atoms with E-state index in [1.54, 1.807) is 7.11 Å². The van der Waals surface area contributed by atoms with Gasteiger partial charge in [0.2, 0.25) is 0 Å². The summed E-state index contributed by atoms with van der Waals surface area (Å²) < 4.78 is 11.7. The number of hydrogen-bond donors (Lipinski definition) is 3. The van der Waals surface area contributed by atoms with Gasteiger partial charge >= 0.3 is 0 Å². The summed E-state index contributed by atoms with van der Waals surface area (Å²) in [6, 6.07) is 23.3. The number of para-hydroxylation sites is 2. The van der Waals surface area contributed by atoms with Crippen LogP contribution in [0.2, 0.25) is 0 Å². The monoisotopic (exact) mass is 413 g/mol. The summed E-state index contributed by atoms with van der Waals surface area (Å²) >= 11 is 0. The van der Waals surface area contributed by atoms with Crippen LogP contribution in [0.3, 0.4) is 0 Å². The second-order valence-electron chi connectivity index (χ2n) is 7.50. The van der Waals surface area contributed by atoms with E-state index in [-0.39, 0.29) is 11.9 Å². The average molecular weight is 413 g/mol. The molecule has 5 rings (SSSR count). The smallest absolute Gasteiger partial charge is 0.251 e. The average Bonchev–Trinajstić information content (AvgIpc) is 3.08. The van der Waals surface area contributed by atoms with Crippen molar-refractivity contribution in [3.05, 3.63) is 95.2 Å². The van der Waals surface area contributed by atoms with Gasteiger partial charge in [-0.3, -0.25) is 4.79 Å². The second kappa shape index (κ2) is 8.07. The van der Waals surface area contributed by atoms with E-state index in [2.05, 4.69) is 16.0 Å². The summed E-state index contributed by atoms with van der Waals surface area (Å²) in [5.74, 6) is 1.29. The highest BCUT2D eigenvalue weighted by Gasteiger charge is 2.35. The van der Waals surface area contributed by atoms with Crippen molar-refractivity contribution in [2.24, 2.45) is 0 Å². The quantitative estimate of drug-likeness (QED) is 0.584. The predicted molar refractivity (Wildman–Crippen MR) is 120 cm³/mol. The number of ether oxygens (including phenoxy) is 2. The zero-order valence-corrected chi connectivity index (χ0v) is 17.1. The molecule has 6 nitrogen and oxygen atoms in total. The van der Waals surface area contributed by atoms with Gasteiger partial charge in [-0.2, -0.15) is 0 Å². The molecule has 0 saturated heterocycles. The zero-order chi connectivity index (χ0) is 21.2. The largest absolute Gasteiger partial charge is 0.496 e. The van der Waals surface area contributed by atoms with Crippen molar-refractivity contribution in [2.75, 3.05) is 24.3 Å². The van der Waals surface area contributed by atoms with Gasteiger partial charge < -0.3 is 25.4 Å². The maximum absolute atomic E-state index is 12.7. The Labute approximate surface area is 180 Å². The van der Waals surface area contributed by atoms with E-state index < -0.39 is 0 Å². The number of nitrogens with one attached hydrogen (secondary N) is 3. The summed E-state index contributed by atoms with van der Waals surface area (Å²) in [6.45, 7) is 0.946. The van der Waals surface area contributed by atoms with E-state index in [9.17, 15) is 4.79 Å². The maximum Gasteiger partial charge on any atom is 0.251 e. The van der Waals surface area contributed by atoms with Gasteiger partial charge in [0.25, 0.3) is 5.91 Å². The highest BCUT2D eigenvalue weighted by molar-refractivity contribution is 6.01. The lowest BCUT2D eigenvalue weighted by Crippen LogP contribution is -2.24. The lowest BCUT2D eigenvalue weighted by molar-refractivity contribution is -0.116. The highest BCUT2D eigenvalue weighted by Crippen LogP contribution is 2.41. The fourth-order valence-electron chi connectivity index (χ4n) is 4.02. The van der Waals surface area contributed by atoms with Crippen molar-refractivity contribution in [3.63, 3.8) is 0 Å². The summed E-state index contributed by atoms with van der Waals surface area (Å²) in [6.07, 6.45) is 0. The van der Waals surface area contributed by atoms with E-state index in [1.165, 1.54) is 0 Å². The van der Waals surface area contributed by atoms with Crippen molar-refractivity contribution in [3.8, 4) is 11.5 Å². The summed E-state index contributed by atoms with van der Waals surface area (Å²) in [7, 11) is 1.63. The maximum atomic E-state index is 12.7. The van der Waals surface area contributed by atoms with Crippen LogP contribution in [0.25, 0.3) is 0 Å². The molecule has 0 aromatic heterocycles. The second-order valence-corrected chi connectivity index (χ2v) is 7.50. The Bertz CT molecular complexity index is 1160. The first-order valence-electron chi connectivity index (χ1n) is 10.2. The summed E-state index contributed by atoms with van der Waals surface area (Å²) in [4.78, 5) is 12.7. The van der Waals surface area contributed by atoms with Crippen molar-refractivity contribution < 1.29 is 14.3 Å². The van der Waals surface area contributed by atoms with Gasteiger partial charge in [0.15, 0.2) is 0 Å². The first-order valence-corrected chi connectivity index (χ1v) is 10.2. The lowest BCUT2D eigenvalue weighted by Gasteiger charge is -2.22. The predicted octanol–water partition coefficient (Wildman–Crippen LogP) is 4.24. The molecular formula is C25H23N3O3. The van der Waals surface area contributed by atoms with E-state index in [4.69, 9.17) is 9.47 Å². The number of anilines is 2. The molecule has 2 heterocycles. The molecule has 0 radical (unpaired) electrons. The molecule has 3 aromatic rings. The van der Waals surface area contributed by atoms with Gasteiger partial charge in [0.1, 0.15) is 18.1 Å². The molecule has 2 aliphatic heterocycles. The fraction of sp³-hybridized carbons (Fsp3) is 0.160. The van der Waals surface area contributed by atoms with Crippen LogP contribution >= 0.6 is 0 Å². The molecule has 1 atom stereocenters. The van der Waals surface area contributed by atoms with E-state index in [1.807, 2.05) is 72.8 Å². The lowest BCUT2D eigenvalue weighted by atomic mass is 9.96. The Kier molecular flexibility index (Phi) is 4.96. The number of methoxy groups -OCH3 is 1. The van der Waals surface area contributed by atoms with Crippen LogP contribution in [0.15, 0.2) is 84.1 Å². The molecule has 6 heteroatoms. The molecule has 3 aromatic carbocycles. The number of carbonyl (C=O) groups is 1. The number of rotatable bonds is 5. The fourth-order valence-corrected chi connectivity index (χ4v) is 4.02. The molecule has 1 unspecified atom stereocenters. The van der Waals surface area contributed by atoms with Crippen molar-refractivity contribution >= 4 is 17.3 Å². The van der Waals surface area contributed by atoms with Crippen LogP contribution in [0.1, 0.15) is 17.2 Å². The number of fused-ring (bicyclic) bond motifs is 1. The minimum absolute atomic E-state index is 0.0840. The number of carbonyl (C=O) groups excluding carboxylic acids is 1. The van der Waals surface area contributed by atoms with Gasteiger partial charge in [-0.25, -0.2) is 0 Å². The SMILES string of the molecule is COc1cc(OCc2ccccc2)ccc1C1Nc2ccccc2NC2=C1C(=O)NC2. The van der Waals surface area contributed by atoms with Gasteiger partial charge in [-0.1, -0.05) is 42.5 Å². The molecule has 3 N–H and O–H groups in total. The number of amides is 1. The first kappa shape index (κ1) is 19.1. The van der Waals surface area contributed by atoms with Gasteiger partial charge in [0.05, 0.1) is 36.6 Å². The van der Waals surface area contributed by atoms with Crippen molar-refractivity contribution in [2.45, 2.75) is 12.6 Å². The summed E-state index contributed by atoms with van der Waals surface area (Å²) in [5, 5.41) is 9.86. The first-order chi connectivity index (χ1) is 15.2. The Morgan fingerprint density at radius 1 is 0.968 bits per heavy atom. The Morgan fingerprint density at radius 2 is 1.74 bits per heavy atom. The topological polar surface area (TPSA) is 71.6 Å². The van der Waals surface area contributed by atoms with Crippen molar-refractivity contribution in [1.82, 2.24) is 5.32 Å². The van der Waals surface area contributed by atoms with Crippen LogP contribution in [0.4, 0.5) is 11.4 Å². The normalized spacial score (nSPS) is 16.9. The molecule has 0 aliphatic carbocycles. The van der Waals surface area contributed by atoms with Crippen molar-refractivity contribution in [1.29, 1.82) is 0 Å². The summed E-state index contributed by atoms with van der Waals surface area (Å²) in [5.41, 5.74) is 5.39. The minimum Gasteiger partial charge on any atom is -0.496 e. The number of benzene rings is 3. The number of hydrogen-bond acceptors (Lipinski definition) is 5. The van der Waals surface area contributed by atoms with Gasteiger partial charge in [0, 0.05) is 17.3 Å².